The minimum atomic E-state index is -0.303. The molecule has 0 aliphatic heterocycles. The Labute approximate surface area is 130 Å². The van der Waals surface area contributed by atoms with Gasteiger partial charge in [0.2, 0.25) is 0 Å². The van der Waals surface area contributed by atoms with Gasteiger partial charge >= 0.3 is 6.03 Å². The number of halogens is 1. The molecule has 0 bridgehead atoms. The molecule has 0 radical (unpaired) electrons. The Morgan fingerprint density at radius 3 is 2.81 bits per heavy atom. The molecule has 1 fully saturated rings. The van der Waals surface area contributed by atoms with E-state index in [-0.39, 0.29) is 6.03 Å². The first-order valence-corrected chi connectivity index (χ1v) is 7.64. The molecule has 0 spiro atoms. The average Bonchev–Trinajstić information content (AvgIpc) is 2.48. The van der Waals surface area contributed by atoms with Gasteiger partial charge in [0.15, 0.2) is 0 Å². The first kappa shape index (κ1) is 15.7. The number of carbonyl (C=O) groups is 1. The summed E-state index contributed by atoms with van der Waals surface area (Å²) in [5.41, 5.74) is 0.550. The Morgan fingerprint density at radius 2 is 2.10 bits per heavy atom. The van der Waals surface area contributed by atoms with Crippen LogP contribution in [0.25, 0.3) is 0 Å². The molecule has 4 nitrogen and oxygen atoms in total. The molecule has 5 heteroatoms. The number of anilines is 1. The number of hydrogen-bond acceptors (Lipinski definition) is 2. The van der Waals surface area contributed by atoms with E-state index >= 15 is 0 Å². The highest BCUT2D eigenvalue weighted by Crippen LogP contribution is 2.27. The third kappa shape index (κ3) is 4.97. The van der Waals surface area contributed by atoms with Crippen molar-refractivity contribution in [2.45, 2.75) is 32.1 Å². The number of methoxy groups -OCH3 is 1. The predicted octanol–water partition coefficient (Wildman–Crippen LogP) is 4.56. The molecule has 2 rings (SSSR count). The fourth-order valence-electron chi connectivity index (χ4n) is 2.52. The third-order valence-electron chi connectivity index (χ3n) is 3.64. The molecule has 0 atom stereocenters. The summed E-state index contributed by atoms with van der Waals surface area (Å²) in [6, 6.07) is 4.79. The smallest absolute Gasteiger partial charge is 0.323 e. The number of rotatable bonds is 4. The minimum Gasteiger partial charge on any atom is -0.495 e. The number of nitrogens with one attached hydrogen (secondary N) is 2. The Kier molecular flexibility index (Phi) is 5.93. The summed E-state index contributed by atoms with van der Waals surface area (Å²) in [6.07, 6.45) is 10.1. The summed E-state index contributed by atoms with van der Waals surface area (Å²) in [5.74, 6) is 1.16. The zero-order chi connectivity index (χ0) is 15.1. The number of carbonyl (C=O) groups excluding carboxylic acids is 1. The number of allylic oxidation sites excluding steroid dienone is 1. The topological polar surface area (TPSA) is 50.4 Å². The van der Waals surface area contributed by atoms with Crippen LogP contribution in [0.15, 0.2) is 30.5 Å². The van der Waals surface area contributed by atoms with E-state index < -0.39 is 0 Å². The Morgan fingerprint density at radius 1 is 1.33 bits per heavy atom. The van der Waals surface area contributed by atoms with E-state index in [1.54, 1.807) is 31.5 Å². The molecule has 2 amide bonds. The second-order valence-electron chi connectivity index (χ2n) is 5.20. The van der Waals surface area contributed by atoms with Crippen molar-refractivity contribution in [3.8, 4) is 5.75 Å². The van der Waals surface area contributed by atoms with Gasteiger partial charge in [0, 0.05) is 11.2 Å². The van der Waals surface area contributed by atoms with Gasteiger partial charge in [-0.3, -0.25) is 0 Å². The summed E-state index contributed by atoms with van der Waals surface area (Å²) in [4.78, 5) is 11.9. The zero-order valence-electron chi connectivity index (χ0n) is 12.2. The van der Waals surface area contributed by atoms with E-state index in [0.29, 0.717) is 22.4 Å². The minimum absolute atomic E-state index is 0.303. The molecule has 2 N–H and O–H groups in total. The predicted molar refractivity (Wildman–Crippen MR) is 85.9 cm³/mol. The van der Waals surface area contributed by atoms with Crippen LogP contribution in [0.5, 0.6) is 5.75 Å². The molecule has 1 aromatic carbocycles. The Balaban J connectivity index is 1.86. The molecule has 1 aliphatic carbocycles. The molecule has 0 saturated heterocycles. The fourth-order valence-corrected chi connectivity index (χ4v) is 2.69. The standard InChI is InChI=1S/C16H21ClN2O2/c1-21-15-8-7-13(17)11-14(15)19-16(20)18-10-9-12-5-3-2-4-6-12/h7-12H,2-6H2,1H3,(H2,18,19,20)/b10-9+. The summed E-state index contributed by atoms with van der Waals surface area (Å²) in [5, 5.41) is 5.99. The molecule has 114 valence electrons. The first-order chi connectivity index (χ1) is 10.2. The first-order valence-electron chi connectivity index (χ1n) is 7.27. The van der Waals surface area contributed by atoms with Crippen molar-refractivity contribution in [2.24, 2.45) is 5.92 Å². The van der Waals surface area contributed by atoms with Crippen LogP contribution in [-0.2, 0) is 0 Å². The van der Waals surface area contributed by atoms with Crippen molar-refractivity contribution in [3.63, 3.8) is 0 Å². The summed E-state index contributed by atoms with van der Waals surface area (Å²) >= 11 is 5.92. The highest BCUT2D eigenvalue weighted by molar-refractivity contribution is 6.31. The van der Waals surface area contributed by atoms with E-state index in [0.717, 1.165) is 0 Å². The lowest BCUT2D eigenvalue weighted by molar-refractivity contribution is 0.255. The van der Waals surface area contributed by atoms with Gasteiger partial charge in [0.25, 0.3) is 0 Å². The van der Waals surface area contributed by atoms with E-state index in [4.69, 9.17) is 16.3 Å². The average molecular weight is 309 g/mol. The molecular weight excluding hydrogens is 288 g/mol. The van der Waals surface area contributed by atoms with Crippen LogP contribution < -0.4 is 15.4 Å². The van der Waals surface area contributed by atoms with Crippen LogP contribution in [0.3, 0.4) is 0 Å². The Bertz CT molecular complexity index is 511. The van der Waals surface area contributed by atoms with Gasteiger partial charge in [0.05, 0.1) is 12.8 Å². The second-order valence-corrected chi connectivity index (χ2v) is 5.64. The summed E-state index contributed by atoms with van der Waals surface area (Å²) in [7, 11) is 1.55. The van der Waals surface area contributed by atoms with E-state index in [2.05, 4.69) is 16.7 Å². The van der Waals surface area contributed by atoms with Crippen LogP contribution in [0.4, 0.5) is 10.5 Å². The van der Waals surface area contributed by atoms with Crippen molar-refractivity contribution in [3.05, 3.63) is 35.5 Å². The lowest BCUT2D eigenvalue weighted by atomic mass is 9.89. The van der Waals surface area contributed by atoms with Gasteiger partial charge in [-0.15, -0.1) is 0 Å². The second kappa shape index (κ2) is 7.93. The molecule has 0 heterocycles. The molecule has 21 heavy (non-hydrogen) atoms. The lowest BCUT2D eigenvalue weighted by Gasteiger charge is -2.17. The lowest BCUT2D eigenvalue weighted by Crippen LogP contribution is -2.24. The maximum absolute atomic E-state index is 11.9. The molecule has 1 saturated carbocycles. The zero-order valence-corrected chi connectivity index (χ0v) is 13.0. The quantitative estimate of drug-likeness (QED) is 0.856. The van der Waals surface area contributed by atoms with Gasteiger partial charge in [-0.2, -0.15) is 0 Å². The number of amides is 2. The van der Waals surface area contributed by atoms with Gasteiger partial charge in [-0.1, -0.05) is 36.9 Å². The highest BCUT2D eigenvalue weighted by atomic mass is 35.5. The fraction of sp³-hybridized carbons (Fsp3) is 0.438. The number of hydrogen-bond donors (Lipinski definition) is 2. The number of benzene rings is 1. The van der Waals surface area contributed by atoms with Gasteiger partial charge in [-0.05, 0) is 37.0 Å². The molecular formula is C16H21ClN2O2. The van der Waals surface area contributed by atoms with Crippen molar-refractivity contribution in [2.75, 3.05) is 12.4 Å². The van der Waals surface area contributed by atoms with Crippen molar-refractivity contribution < 1.29 is 9.53 Å². The van der Waals surface area contributed by atoms with E-state index in [9.17, 15) is 4.79 Å². The molecule has 1 aliphatic rings. The Hall–Kier alpha value is -1.68. The van der Waals surface area contributed by atoms with Crippen LogP contribution in [0.1, 0.15) is 32.1 Å². The number of urea groups is 1. The maximum atomic E-state index is 11.9. The van der Waals surface area contributed by atoms with Gasteiger partial charge in [0.1, 0.15) is 5.75 Å². The van der Waals surface area contributed by atoms with Crippen molar-refractivity contribution in [1.82, 2.24) is 5.32 Å². The third-order valence-corrected chi connectivity index (χ3v) is 3.88. The van der Waals surface area contributed by atoms with E-state index in [1.807, 2.05) is 0 Å². The number of ether oxygens (including phenoxy) is 1. The van der Waals surface area contributed by atoms with Crippen LogP contribution in [-0.4, -0.2) is 13.1 Å². The molecule has 0 aromatic heterocycles. The van der Waals surface area contributed by atoms with Gasteiger partial charge in [-0.25, -0.2) is 4.79 Å². The summed E-state index contributed by atoms with van der Waals surface area (Å²) in [6.45, 7) is 0. The summed E-state index contributed by atoms with van der Waals surface area (Å²) < 4.78 is 5.18. The van der Waals surface area contributed by atoms with Gasteiger partial charge < -0.3 is 15.4 Å². The highest BCUT2D eigenvalue weighted by Gasteiger charge is 2.10. The van der Waals surface area contributed by atoms with Crippen molar-refractivity contribution in [1.29, 1.82) is 0 Å². The monoisotopic (exact) mass is 308 g/mol. The normalized spacial score (nSPS) is 15.9. The van der Waals surface area contributed by atoms with Crippen LogP contribution in [0.2, 0.25) is 5.02 Å². The van der Waals surface area contributed by atoms with Crippen LogP contribution in [0, 0.1) is 5.92 Å². The molecule has 0 unspecified atom stereocenters. The largest absolute Gasteiger partial charge is 0.495 e. The SMILES string of the molecule is COc1ccc(Cl)cc1NC(=O)N/C=C/C1CCCCC1. The molecule has 1 aromatic rings. The van der Waals surface area contributed by atoms with Crippen molar-refractivity contribution >= 4 is 23.3 Å². The van der Waals surface area contributed by atoms with Crippen LogP contribution >= 0.6 is 11.6 Å². The van der Waals surface area contributed by atoms with E-state index in [1.165, 1.54) is 32.1 Å². The maximum Gasteiger partial charge on any atom is 0.323 e.